The molecule has 2 N–H and O–H groups in total. The van der Waals surface area contributed by atoms with Crippen LogP contribution in [0.2, 0.25) is 0 Å². The zero-order valence-electron chi connectivity index (χ0n) is 19.6. The number of rotatable bonds is 9. The average Bonchev–Trinajstić information content (AvgIpc) is 2.76. The monoisotopic (exact) mass is 441 g/mol. The number of ether oxygens (including phenoxy) is 2. The summed E-state index contributed by atoms with van der Waals surface area (Å²) in [6.45, 7) is 10.5. The highest BCUT2D eigenvalue weighted by molar-refractivity contribution is 5.93. The predicted molar refractivity (Wildman–Crippen MR) is 127 cm³/mol. The Labute approximate surface area is 190 Å². The van der Waals surface area contributed by atoms with Crippen molar-refractivity contribution in [3.8, 4) is 11.5 Å². The molecule has 2 aromatic rings. The first kappa shape index (κ1) is 24.0. The van der Waals surface area contributed by atoms with Gasteiger partial charge in [-0.15, -0.1) is 0 Å². The molecule has 1 aliphatic heterocycles. The Morgan fingerprint density at radius 2 is 1.56 bits per heavy atom. The third kappa shape index (κ3) is 6.95. The highest BCUT2D eigenvalue weighted by Crippen LogP contribution is 2.22. The number of methoxy groups -OCH3 is 1. The van der Waals surface area contributed by atoms with Crippen LogP contribution >= 0.6 is 0 Å². The van der Waals surface area contributed by atoms with Gasteiger partial charge in [0, 0.05) is 38.4 Å². The van der Waals surface area contributed by atoms with Gasteiger partial charge in [0.05, 0.1) is 13.7 Å². The van der Waals surface area contributed by atoms with Gasteiger partial charge in [-0.05, 0) is 56.2 Å². The molecule has 1 amide bonds. The quantitative estimate of drug-likeness (QED) is 0.623. The van der Waals surface area contributed by atoms with Gasteiger partial charge in [0.1, 0.15) is 24.2 Å². The van der Waals surface area contributed by atoms with Crippen molar-refractivity contribution in [2.75, 3.05) is 58.3 Å². The van der Waals surface area contributed by atoms with Crippen molar-refractivity contribution in [1.82, 2.24) is 9.80 Å². The summed E-state index contributed by atoms with van der Waals surface area (Å²) in [5.74, 6) is 1.50. The topological polar surface area (TPSA) is 74.3 Å². The second-order valence-electron chi connectivity index (χ2n) is 8.54. The molecule has 174 valence electrons. The number of benzene rings is 2. The Bertz CT molecular complexity index is 870. The highest BCUT2D eigenvalue weighted by atomic mass is 16.5. The van der Waals surface area contributed by atoms with E-state index in [1.165, 1.54) is 5.56 Å². The van der Waals surface area contributed by atoms with E-state index in [0.29, 0.717) is 18.8 Å². The summed E-state index contributed by atoms with van der Waals surface area (Å²) in [5, 5.41) is 13.4. The molecule has 0 radical (unpaired) electrons. The fraction of sp³-hybridized carbons (Fsp3) is 0.480. The van der Waals surface area contributed by atoms with Crippen LogP contribution < -0.4 is 14.8 Å². The van der Waals surface area contributed by atoms with Gasteiger partial charge in [-0.25, -0.2) is 0 Å². The van der Waals surface area contributed by atoms with E-state index >= 15 is 0 Å². The summed E-state index contributed by atoms with van der Waals surface area (Å²) in [6.07, 6.45) is -0.570. The minimum absolute atomic E-state index is 0.0152. The van der Waals surface area contributed by atoms with E-state index in [4.69, 9.17) is 9.47 Å². The molecule has 0 bridgehead atoms. The lowest BCUT2D eigenvalue weighted by Crippen LogP contribution is -2.50. The Morgan fingerprint density at radius 1 is 1.00 bits per heavy atom. The fourth-order valence-electron chi connectivity index (χ4n) is 4.10. The predicted octanol–water partition coefficient (Wildman–Crippen LogP) is 2.62. The summed E-state index contributed by atoms with van der Waals surface area (Å²) in [4.78, 5) is 16.9. The third-order valence-corrected chi connectivity index (χ3v) is 5.74. The number of carbonyl (C=O) groups excluding carboxylic acids is 1. The number of nitrogens with one attached hydrogen (secondary N) is 1. The number of anilines is 1. The number of carbonyl (C=O) groups is 1. The molecule has 1 unspecified atom stereocenters. The van der Waals surface area contributed by atoms with Gasteiger partial charge >= 0.3 is 0 Å². The molecular weight excluding hydrogens is 406 g/mol. The molecule has 0 spiro atoms. The maximum absolute atomic E-state index is 12.6. The zero-order chi connectivity index (χ0) is 23.1. The summed E-state index contributed by atoms with van der Waals surface area (Å²) in [5.41, 5.74) is 4.29. The number of β-amino-alcohol motifs (C(OH)–C–C–N with tert-alkyl or cyclic N) is 1. The smallest absolute Gasteiger partial charge is 0.238 e. The second-order valence-corrected chi connectivity index (χ2v) is 8.54. The van der Waals surface area contributed by atoms with Gasteiger partial charge in [-0.3, -0.25) is 14.6 Å². The normalized spacial score (nSPS) is 15.9. The van der Waals surface area contributed by atoms with E-state index in [1.807, 2.05) is 38.1 Å². The summed E-state index contributed by atoms with van der Waals surface area (Å²) in [6, 6.07) is 11.5. The van der Waals surface area contributed by atoms with Crippen molar-refractivity contribution >= 4 is 11.6 Å². The van der Waals surface area contributed by atoms with Gasteiger partial charge in [-0.1, -0.05) is 17.7 Å². The maximum atomic E-state index is 12.6. The van der Waals surface area contributed by atoms with Crippen LogP contribution in [0.5, 0.6) is 11.5 Å². The highest BCUT2D eigenvalue weighted by Gasteiger charge is 2.21. The second kappa shape index (κ2) is 11.3. The number of aryl methyl sites for hydroxylation is 3. The van der Waals surface area contributed by atoms with Crippen LogP contribution in [0.3, 0.4) is 0 Å². The van der Waals surface area contributed by atoms with Crippen LogP contribution in [-0.2, 0) is 4.79 Å². The molecule has 32 heavy (non-hydrogen) atoms. The molecule has 0 aromatic heterocycles. The van der Waals surface area contributed by atoms with Gasteiger partial charge in [0.25, 0.3) is 0 Å². The minimum Gasteiger partial charge on any atom is -0.497 e. The molecule has 2 aromatic carbocycles. The van der Waals surface area contributed by atoms with Crippen molar-refractivity contribution in [1.29, 1.82) is 0 Å². The average molecular weight is 442 g/mol. The molecule has 1 fully saturated rings. The first-order valence-electron chi connectivity index (χ1n) is 11.1. The Balaban J connectivity index is 1.37. The summed E-state index contributed by atoms with van der Waals surface area (Å²) in [7, 11) is 1.62. The van der Waals surface area contributed by atoms with E-state index in [9.17, 15) is 9.90 Å². The van der Waals surface area contributed by atoms with Crippen LogP contribution in [0.1, 0.15) is 16.7 Å². The first-order chi connectivity index (χ1) is 15.3. The molecule has 0 saturated carbocycles. The molecule has 7 nitrogen and oxygen atoms in total. The molecule has 1 aliphatic rings. The summed E-state index contributed by atoms with van der Waals surface area (Å²) >= 11 is 0. The van der Waals surface area contributed by atoms with Gasteiger partial charge in [0.2, 0.25) is 5.91 Å². The van der Waals surface area contributed by atoms with Crippen molar-refractivity contribution in [2.45, 2.75) is 26.9 Å². The van der Waals surface area contributed by atoms with E-state index in [0.717, 1.165) is 48.7 Å². The van der Waals surface area contributed by atoms with Crippen LogP contribution in [0.25, 0.3) is 0 Å². The van der Waals surface area contributed by atoms with E-state index in [-0.39, 0.29) is 12.5 Å². The molecule has 1 heterocycles. The number of hydrogen-bond donors (Lipinski definition) is 2. The lowest BCUT2D eigenvalue weighted by molar-refractivity contribution is -0.117. The number of amides is 1. The SMILES string of the molecule is COc1ccc(OCC(O)CN2CCN(CC(=O)Nc3c(C)cc(C)cc3C)CC2)cc1. The van der Waals surface area contributed by atoms with Crippen molar-refractivity contribution in [3.05, 3.63) is 53.1 Å². The van der Waals surface area contributed by atoms with E-state index in [2.05, 4.69) is 34.2 Å². The minimum atomic E-state index is -0.570. The standard InChI is InChI=1S/C25H35N3O4/c1-18-13-19(2)25(20(3)14-18)26-24(30)16-28-11-9-27(10-12-28)15-21(29)17-32-23-7-5-22(31-4)6-8-23/h5-8,13-14,21,29H,9-12,15-17H2,1-4H3,(H,26,30). The Kier molecular flexibility index (Phi) is 8.50. The largest absolute Gasteiger partial charge is 0.497 e. The first-order valence-corrected chi connectivity index (χ1v) is 11.1. The van der Waals surface area contributed by atoms with Gasteiger partial charge in [-0.2, -0.15) is 0 Å². The zero-order valence-corrected chi connectivity index (χ0v) is 19.6. The number of aliphatic hydroxyl groups excluding tert-OH is 1. The van der Waals surface area contributed by atoms with Crippen LogP contribution in [0.15, 0.2) is 36.4 Å². The van der Waals surface area contributed by atoms with Crippen molar-refractivity contribution < 1.29 is 19.4 Å². The lowest BCUT2D eigenvalue weighted by Gasteiger charge is -2.35. The fourth-order valence-corrected chi connectivity index (χ4v) is 4.10. The molecule has 3 rings (SSSR count). The molecule has 1 saturated heterocycles. The van der Waals surface area contributed by atoms with E-state index in [1.54, 1.807) is 7.11 Å². The van der Waals surface area contributed by atoms with Crippen LogP contribution in [0, 0.1) is 20.8 Å². The Hall–Kier alpha value is -2.61. The van der Waals surface area contributed by atoms with Crippen molar-refractivity contribution in [2.24, 2.45) is 0 Å². The Morgan fingerprint density at radius 3 is 2.16 bits per heavy atom. The number of nitrogens with zero attached hydrogens (tertiary/aromatic N) is 2. The molecular formula is C25H35N3O4. The van der Waals surface area contributed by atoms with Crippen LogP contribution in [-0.4, -0.2) is 79.9 Å². The van der Waals surface area contributed by atoms with Gasteiger partial charge < -0.3 is 19.9 Å². The van der Waals surface area contributed by atoms with E-state index < -0.39 is 6.10 Å². The van der Waals surface area contributed by atoms with Gasteiger partial charge in [0.15, 0.2) is 0 Å². The van der Waals surface area contributed by atoms with Crippen molar-refractivity contribution in [3.63, 3.8) is 0 Å². The molecule has 7 heteroatoms. The number of aliphatic hydroxyl groups is 1. The van der Waals surface area contributed by atoms with Crippen LogP contribution in [0.4, 0.5) is 5.69 Å². The lowest BCUT2D eigenvalue weighted by atomic mass is 10.1. The molecule has 0 aliphatic carbocycles. The maximum Gasteiger partial charge on any atom is 0.238 e. The summed E-state index contributed by atoms with van der Waals surface area (Å²) < 4.78 is 10.8. The number of piperazine rings is 1. The number of hydrogen-bond acceptors (Lipinski definition) is 6. The molecule has 1 atom stereocenters. The third-order valence-electron chi connectivity index (χ3n) is 5.74.